The molecule has 4 aliphatic carbocycles. The second-order valence-corrected chi connectivity index (χ2v) is 11.6. The molecule has 0 aliphatic heterocycles. The van der Waals surface area contributed by atoms with Crippen LogP contribution in [-0.4, -0.2) is 53.2 Å². The average molecular weight is 477 g/mol. The van der Waals surface area contributed by atoms with Crippen LogP contribution in [0, 0.1) is 34.0 Å². The summed E-state index contributed by atoms with van der Waals surface area (Å²) in [5.41, 5.74) is -1.89. The number of carbonyl (C=O) groups excluding carboxylic acids is 4. The molecule has 0 aromatic rings. The molecule has 0 heterocycles. The number of hydrogen-bond donors (Lipinski definition) is 1. The van der Waals surface area contributed by atoms with Gasteiger partial charge in [0.1, 0.15) is 24.1 Å². The zero-order valence-electron chi connectivity index (χ0n) is 20.9. The number of esters is 3. The van der Waals surface area contributed by atoms with Crippen LogP contribution in [0.5, 0.6) is 0 Å². The first-order valence-corrected chi connectivity index (χ1v) is 12.1. The van der Waals surface area contributed by atoms with E-state index >= 15 is 0 Å². The normalized spacial score (nSPS) is 44.5. The van der Waals surface area contributed by atoms with Crippen LogP contribution >= 0.6 is 0 Å². The standard InChI is InChI=1S/C26H36O8/c1-12-16-10-17(30)20-25(7)9-8-18(31)24(5,6)21(25)19(32-13(2)27)23(34-15(4)29)26(20,11-16)22(12)33-14(3)28/h16,18-23,31H,1,8-11H2,2-7H3. The van der Waals surface area contributed by atoms with Gasteiger partial charge in [-0.3, -0.25) is 19.2 Å². The molecule has 0 aromatic heterocycles. The molecule has 0 saturated heterocycles. The predicted octanol–water partition coefficient (Wildman–Crippen LogP) is 2.75. The Hall–Kier alpha value is -2.22. The maximum atomic E-state index is 13.9. The Labute approximate surface area is 200 Å². The van der Waals surface area contributed by atoms with Crippen molar-refractivity contribution in [3.8, 4) is 0 Å². The summed E-state index contributed by atoms with van der Waals surface area (Å²) in [6.45, 7) is 13.9. The molecule has 4 saturated carbocycles. The Morgan fingerprint density at radius 3 is 2.15 bits per heavy atom. The van der Waals surface area contributed by atoms with Gasteiger partial charge >= 0.3 is 17.9 Å². The van der Waals surface area contributed by atoms with Crippen molar-refractivity contribution in [2.24, 2.45) is 34.0 Å². The SMILES string of the molecule is C=C1C2CC(=O)C3C4(C)CCC(O)C(C)(C)C4C(OC(C)=O)C(OC(C)=O)C3(C2)C1OC(C)=O. The molecule has 1 spiro atoms. The number of Topliss-reactive ketones (excluding diaryl/α,β-unsaturated/α-hetero) is 1. The minimum atomic E-state index is -1.10. The Bertz CT molecular complexity index is 952. The number of ether oxygens (including phenoxy) is 3. The number of aliphatic hydroxyl groups excluding tert-OH is 1. The summed E-state index contributed by atoms with van der Waals surface area (Å²) in [6, 6.07) is 0. The van der Waals surface area contributed by atoms with Crippen LogP contribution in [0.2, 0.25) is 0 Å². The third-order valence-electron chi connectivity index (χ3n) is 9.28. The van der Waals surface area contributed by atoms with E-state index in [-0.39, 0.29) is 18.1 Å². The average Bonchev–Trinajstić information content (AvgIpc) is 2.89. The Morgan fingerprint density at radius 1 is 1.00 bits per heavy atom. The fourth-order valence-electron chi connectivity index (χ4n) is 8.43. The zero-order chi connectivity index (χ0) is 25.4. The minimum Gasteiger partial charge on any atom is -0.458 e. The van der Waals surface area contributed by atoms with Gasteiger partial charge in [0.2, 0.25) is 0 Å². The van der Waals surface area contributed by atoms with Crippen LogP contribution in [0.4, 0.5) is 0 Å². The van der Waals surface area contributed by atoms with Crippen molar-refractivity contribution < 1.29 is 38.5 Å². The van der Waals surface area contributed by atoms with Crippen LogP contribution in [-0.2, 0) is 33.4 Å². The summed E-state index contributed by atoms with van der Waals surface area (Å²) in [7, 11) is 0. The number of hydrogen-bond acceptors (Lipinski definition) is 8. The van der Waals surface area contributed by atoms with Gasteiger partial charge in [0, 0.05) is 39.0 Å². The third-order valence-corrected chi connectivity index (χ3v) is 9.28. The molecule has 34 heavy (non-hydrogen) atoms. The quantitative estimate of drug-likeness (QED) is 0.376. The van der Waals surface area contributed by atoms with Crippen molar-refractivity contribution in [3.05, 3.63) is 12.2 Å². The summed E-state index contributed by atoms with van der Waals surface area (Å²) >= 11 is 0. The molecule has 1 N–H and O–H groups in total. The Balaban J connectivity index is 2.02. The summed E-state index contributed by atoms with van der Waals surface area (Å²) in [6.07, 6.45) is -1.77. The molecule has 8 heteroatoms. The summed E-state index contributed by atoms with van der Waals surface area (Å²) in [4.78, 5) is 50.9. The number of carbonyl (C=O) groups is 4. The van der Waals surface area contributed by atoms with Gasteiger partial charge in [-0.25, -0.2) is 0 Å². The molecule has 0 aromatic carbocycles. The Morgan fingerprint density at radius 2 is 1.59 bits per heavy atom. The van der Waals surface area contributed by atoms with Crippen LogP contribution in [0.1, 0.15) is 67.2 Å². The van der Waals surface area contributed by atoms with E-state index < -0.39 is 70.4 Å². The molecule has 9 atom stereocenters. The zero-order valence-corrected chi connectivity index (χ0v) is 20.9. The second-order valence-electron chi connectivity index (χ2n) is 11.6. The molecule has 0 radical (unpaired) electrons. The van der Waals surface area contributed by atoms with E-state index in [1.807, 2.05) is 20.8 Å². The highest BCUT2D eigenvalue weighted by molar-refractivity contribution is 5.86. The van der Waals surface area contributed by atoms with Gasteiger partial charge in [-0.1, -0.05) is 27.4 Å². The first kappa shape index (κ1) is 24.9. The van der Waals surface area contributed by atoms with Crippen molar-refractivity contribution in [2.45, 2.75) is 91.6 Å². The van der Waals surface area contributed by atoms with Gasteiger partial charge in [0.05, 0.1) is 11.5 Å². The number of rotatable bonds is 3. The lowest BCUT2D eigenvalue weighted by Crippen LogP contribution is -2.74. The van der Waals surface area contributed by atoms with E-state index in [2.05, 4.69) is 6.58 Å². The highest BCUT2D eigenvalue weighted by atomic mass is 16.6. The highest BCUT2D eigenvalue weighted by Gasteiger charge is 2.78. The van der Waals surface area contributed by atoms with Gasteiger partial charge in [-0.05, 0) is 41.6 Å². The molecule has 0 amide bonds. The molecule has 188 valence electrons. The Kier molecular flexibility index (Phi) is 5.78. The van der Waals surface area contributed by atoms with Crippen LogP contribution < -0.4 is 0 Å². The molecule has 8 nitrogen and oxygen atoms in total. The van der Waals surface area contributed by atoms with Gasteiger partial charge < -0.3 is 19.3 Å². The first-order valence-electron chi connectivity index (χ1n) is 12.1. The monoisotopic (exact) mass is 476 g/mol. The molecular weight excluding hydrogens is 440 g/mol. The van der Waals surface area contributed by atoms with Crippen LogP contribution in [0.15, 0.2) is 12.2 Å². The van der Waals surface area contributed by atoms with Gasteiger partial charge in [-0.15, -0.1) is 0 Å². The maximum Gasteiger partial charge on any atom is 0.303 e. The molecule has 4 fully saturated rings. The number of ketones is 1. The summed E-state index contributed by atoms with van der Waals surface area (Å²) in [5, 5.41) is 11.0. The lowest BCUT2D eigenvalue weighted by Gasteiger charge is -2.67. The van der Waals surface area contributed by atoms with Crippen molar-refractivity contribution in [1.82, 2.24) is 0 Å². The number of aliphatic hydroxyl groups is 1. The molecule has 2 bridgehead atoms. The molecule has 4 rings (SSSR count). The van der Waals surface area contributed by atoms with Crippen molar-refractivity contribution in [3.63, 3.8) is 0 Å². The topological polar surface area (TPSA) is 116 Å². The van der Waals surface area contributed by atoms with E-state index in [0.29, 0.717) is 24.8 Å². The fraction of sp³-hybridized carbons (Fsp3) is 0.769. The van der Waals surface area contributed by atoms with Gasteiger partial charge in [0.25, 0.3) is 0 Å². The van der Waals surface area contributed by atoms with E-state index in [1.54, 1.807) is 0 Å². The second kappa shape index (κ2) is 7.90. The lowest BCUT2D eigenvalue weighted by molar-refractivity contribution is -0.281. The first-order chi connectivity index (χ1) is 15.7. The van der Waals surface area contributed by atoms with E-state index in [4.69, 9.17) is 14.2 Å². The smallest absolute Gasteiger partial charge is 0.303 e. The van der Waals surface area contributed by atoms with E-state index in [9.17, 15) is 24.3 Å². The van der Waals surface area contributed by atoms with Crippen molar-refractivity contribution >= 4 is 23.7 Å². The third kappa shape index (κ3) is 3.28. The van der Waals surface area contributed by atoms with Gasteiger partial charge in [-0.2, -0.15) is 0 Å². The summed E-state index contributed by atoms with van der Waals surface area (Å²) in [5.74, 6) is -2.93. The largest absolute Gasteiger partial charge is 0.458 e. The minimum absolute atomic E-state index is 0.0187. The molecule has 9 unspecified atom stereocenters. The van der Waals surface area contributed by atoms with Crippen molar-refractivity contribution in [2.75, 3.05) is 0 Å². The van der Waals surface area contributed by atoms with Crippen LogP contribution in [0.25, 0.3) is 0 Å². The molecular formula is C26H36O8. The van der Waals surface area contributed by atoms with Crippen molar-refractivity contribution in [1.29, 1.82) is 0 Å². The number of fused-ring (bicyclic) bond motifs is 3. The fourth-order valence-corrected chi connectivity index (χ4v) is 8.43. The highest BCUT2D eigenvalue weighted by Crippen LogP contribution is 2.72. The van der Waals surface area contributed by atoms with Crippen LogP contribution in [0.3, 0.4) is 0 Å². The predicted molar refractivity (Wildman–Crippen MR) is 120 cm³/mol. The maximum absolute atomic E-state index is 13.9. The van der Waals surface area contributed by atoms with E-state index in [1.165, 1.54) is 20.8 Å². The lowest BCUT2D eigenvalue weighted by atomic mass is 9.38. The molecule has 4 aliphatic rings. The van der Waals surface area contributed by atoms with Gasteiger partial charge in [0.15, 0.2) is 0 Å². The van der Waals surface area contributed by atoms with E-state index in [0.717, 1.165) is 0 Å². The summed E-state index contributed by atoms with van der Waals surface area (Å²) < 4.78 is 17.7.